The number of nitrogens with one attached hydrogen (secondary N) is 2. The first-order valence-electron chi connectivity index (χ1n) is 23.2. The van der Waals surface area contributed by atoms with Gasteiger partial charge in [0.1, 0.15) is 0 Å². The lowest BCUT2D eigenvalue weighted by atomic mass is 9.77. The zero-order valence-electron chi connectivity index (χ0n) is 36.1. The van der Waals surface area contributed by atoms with Gasteiger partial charge in [-0.15, -0.1) is 4.33 Å². The largest absolute Gasteiger partial charge is 0.481 e. The minimum Gasteiger partial charge on any atom is -0.481 e. The molecule has 6 saturated carbocycles. The van der Waals surface area contributed by atoms with Crippen LogP contribution >= 0.6 is 12.3 Å². The van der Waals surface area contributed by atoms with Crippen LogP contribution in [0.15, 0.2) is 0 Å². The number of hydrogen-bond donors (Lipinski definition) is 4. The molecule has 1 amide bonds. The molecule has 4 N–H and O–H groups in total. The van der Waals surface area contributed by atoms with Crippen molar-refractivity contribution in [3.05, 3.63) is 0 Å². The predicted molar refractivity (Wildman–Crippen MR) is 228 cm³/mol. The molecule has 19 heteroatoms. The van der Waals surface area contributed by atoms with E-state index in [4.69, 9.17) is 30.8 Å². The number of carbonyl (C=O) groups is 2. The second-order valence-electron chi connectivity index (χ2n) is 19.0. The number of aliphatic carboxylic acids is 1. The molecule has 0 aromatic rings. The third-order valence-electron chi connectivity index (χ3n) is 14.3. The summed E-state index contributed by atoms with van der Waals surface area (Å²) in [4.78, 5) is 41.5. The average Bonchev–Trinajstić information content (AvgIpc) is 3.25. The molecule has 6 aliphatic rings. The number of carboxylic acids is 1. The third kappa shape index (κ3) is 16.2. The highest BCUT2D eigenvalue weighted by molar-refractivity contribution is 7.89. The smallest absolute Gasteiger partial charge is 0.307 e. The maximum Gasteiger partial charge on any atom is 0.307 e. The van der Waals surface area contributed by atoms with Gasteiger partial charge in [-0.1, -0.05) is 13.8 Å². The van der Waals surface area contributed by atoms with E-state index in [-0.39, 0.29) is 78.6 Å². The second kappa shape index (κ2) is 25.8. The van der Waals surface area contributed by atoms with Crippen molar-refractivity contribution in [3.63, 3.8) is 0 Å². The molecule has 8 unspecified atom stereocenters. The van der Waals surface area contributed by atoms with E-state index < -0.39 is 40.2 Å². The van der Waals surface area contributed by atoms with Gasteiger partial charge in [0.25, 0.3) is 0 Å². The van der Waals surface area contributed by atoms with Gasteiger partial charge in [-0.3, -0.25) is 31.6 Å². The zero-order chi connectivity index (χ0) is 43.1. The lowest BCUT2D eigenvalue weighted by Gasteiger charge is -2.35. The van der Waals surface area contributed by atoms with Crippen molar-refractivity contribution in [2.45, 2.75) is 203 Å². The number of carbonyl (C=O) groups excluding carboxylic acids is 1. The molecule has 0 aromatic carbocycles. The van der Waals surface area contributed by atoms with Crippen molar-refractivity contribution >= 4 is 46.6 Å². The quantitative estimate of drug-likeness (QED) is 0.0384. The first-order chi connectivity index (χ1) is 29.5. The van der Waals surface area contributed by atoms with Crippen LogP contribution in [-0.4, -0.2) is 91.7 Å². The molecule has 61 heavy (non-hydrogen) atoms. The van der Waals surface area contributed by atoms with Crippen LogP contribution in [0.1, 0.15) is 155 Å². The van der Waals surface area contributed by atoms with Crippen LogP contribution in [0.25, 0.3) is 0 Å². The highest BCUT2D eigenvalue weighted by Crippen LogP contribution is 2.37. The highest BCUT2D eigenvalue weighted by Gasteiger charge is 2.41. The maximum absolute atomic E-state index is 13.3. The van der Waals surface area contributed by atoms with Gasteiger partial charge in [0, 0.05) is 12.1 Å². The van der Waals surface area contributed by atoms with Gasteiger partial charge in [-0.25, -0.2) is 14.0 Å². The first-order valence-corrected chi connectivity index (χ1v) is 26.0. The molecule has 0 aliphatic heterocycles. The SMILES string of the molecule is CC1CCC(OOSOC2CCC(C(=O)NC3CCC(S(=O)OC4CCC(NOCC5CCC(OS(=O)OC6CCC(C)CC6)CC5COO)CC4)CC3)C(C(=O)O)C2)CC1. The Morgan fingerprint density at radius 1 is 0.623 bits per heavy atom. The Kier molecular flexibility index (Phi) is 21.0. The fraction of sp³-hybridized carbons (Fsp3) is 0.952. The molecule has 0 saturated heterocycles. The monoisotopic (exact) mass is 924 g/mol. The van der Waals surface area contributed by atoms with Crippen molar-refractivity contribution in [1.82, 2.24) is 10.8 Å². The van der Waals surface area contributed by atoms with Crippen molar-refractivity contribution in [2.75, 3.05) is 13.2 Å². The molecule has 8 atom stereocenters. The first kappa shape index (κ1) is 49.6. The van der Waals surface area contributed by atoms with Gasteiger partial charge in [0.2, 0.25) is 5.91 Å². The summed E-state index contributed by atoms with van der Waals surface area (Å²) in [5, 5.41) is 22.2. The Labute approximate surface area is 371 Å². The summed E-state index contributed by atoms with van der Waals surface area (Å²) < 4.78 is 54.4. The fourth-order valence-corrected chi connectivity index (χ4v) is 12.8. The Balaban J connectivity index is 0.811. The lowest BCUT2D eigenvalue weighted by molar-refractivity contribution is -0.258. The highest BCUT2D eigenvalue weighted by atomic mass is 32.2. The van der Waals surface area contributed by atoms with Crippen LogP contribution in [0.3, 0.4) is 0 Å². The zero-order valence-corrected chi connectivity index (χ0v) is 38.5. The Morgan fingerprint density at radius 3 is 1.89 bits per heavy atom. The van der Waals surface area contributed by atoms with Gasteiger partial charge < -0.3 is 15.3 Å². The van der Waals surface area contributed by atoms with E-state index in [1.807, 2.05) is 0 Å². The summed E-state index contributed by atoms with van der Waals surface area (Å²) in [5.41, 5.74) is 3.22. The molecular formula is C42H72N2O14S3. The van der Waals surface area contributed by atoms with Crippen LogP contribution in [0.4, 0.5) is 0 Å². The summed E-state index contributed by atoms with van der Waals surface area (Å²) in [7, 11) is 0. The summed E-state index contributed by atoms with van der Waals surface area (Å²) in [6.07, 6.45) is 16.5. The third-order valence-corrected chi connectivity index (χ3v) is 17.1. The van der Waals surface area contributed by atoms with Gasteiger partial charge >= 0.3 is 17.3 Å². The number of rotatable bonds is 21. The van der Waals surface area contributed by atoms with Crippen LogP contribution in [-0.2, 0) is 67.7 Å². The number of amides is 1. The summed E-state index contributed by atoms with van der Waals surface area (Å²) in [5.74, 6) is -1.22. The Hall–Kier alpha value is -0.810. The van der Waals surface area contributed by atoms with Crippen molar-refractivity contribution in [1.29, 1.82) is 0 Å². The van der Waals surface area contributed by atoms with Crippen LogP contribution < -0.4 is 10.8 Å². The van der Waals surface area contributed by atoms with Gasteiger partial charge in [0.15, 0.2) is 23.4 Å². The average molecular weight is 925 g/mol. The van der Waals surface area contributed by atoms with E-state index in [1.54, 1.807) is 0 Å². The van der Waals surface area contributed by atoms with Crippen LogP contribution in [0, 0.1) is 35.5 Å². The van der Waals surface area contributed by atoms with E-state index in [0.29, 0.717) is 63.4 Å². The Bertz CT molecular complexity index is 1370. The van der Waals surface area contributed by atoms with Crippen molar-refractivity contribution < 1.29 is 64.0 Å². The molecule has 6 aliphatic carbocycles. The molecular weight excluding hydrogens is 853 g/mol. The summed E-state index contributed by atoms with van der Waals surface area (Å²) in [6, 6.07) is 0.0532. The number of hydrogen-bond acceptors (Lipinski definition) is 15. The van der Waals surface area contributed by atoms with E-state index in [0.717, 1.165) is 102 Å². The van der Waals surface area contributed by atoms with E-state index in [2.05, 4.69) is 29.5 Å². The minimum absolute atomic E-state index is 0.0142. The number of carboxylic acid groups (broad SMARTS) is 1. The second-order valence-corrected chi connectivity index (χ2v) is 21.6. The van der Waals surface area contributed by atoms with Crippen LogP contribution in [0.5, 0.6) is 0 Å². The number of hydroxylamine groups is 1. The van der Waals surface area contributed by atoms with Gasteiger partial charge in [0.05, 0.1) is 60.8 Å². The maximum atomic E-state index is 13.3. The molecule has 0 spiro atoms. The minimum atomic E-state index is -1.80. The van der Waals surface area contributed by atoms with Gasteiger partial charge in [-0.2, -0.15) is 9.69 Å². The molecule has 0 bridgehead atoms. The van der Waals surface area contributed by atoms with E-state index >= 15 is 0 Å². The molecule has 352 valence electrons. The van der Waals surface area contributed by atoms with E-state index in [1.165, 1.54) is 0 Å². The van der Waals surface area contributed by atoms with E-state index in [9.17, 15) is 28.4 Å². The molecule has 0 aromatic heterocycles. The molecule has 6 fully saturated rings. The van der Waals surface area contributed by atoms with Crippen LogP contribution in [0.2, 0.25) is 0 Å². The van der Waals surface area contributed by atoms with Crippen molar-refractivity contribution in [2.24, 2.45) is 35.5 Å². The van der Waals surface area contributed by atoms with Crippen molar-refractivity contribution in [3.8, 4) is 0 Å². The molecule has 6 rings (SSSR count). The Morgan fingerprint density at radius 2 is 1.21 bits per heavy atom. The normalized spacial score (nSPS) is 38.6. The summed E-state index contributed by atoms with van der Waals surface area (Å²) in [6.45, 7) is 5.07. The van der Waals surface area contributed by atoms with Gasteiger partial charge in [-0.05, 0) is 165 Å². The molecule has 16 nitrogen and oxygen atoms in total. The molecule has 0 heterocycles. The topological polar surface area (TPSA) is 207 Å². The lowest BCUT2D eigenvalue weighted by Crippen LogP contribution is -2.47. The predicted octanol–water partition coefficient (Wildman–Crippen LogP) is 7.37. The summed E-state index contributed by atoms with van der Waals surface area (Å²) >= 11 is -2.49. The fourth-order valence-electron chi connectivity index (χ4n) is 10.2. The molecule has 0 radical (unpaired) electrons. The standard InChI is InChI=1S/C42H72N2O14S3/c1-27-3-12-33(13-4-27)53-58-59-54-36-19-22-39(40(24-36)42(46)47)41(45)43-31-10-20-38(21-11-31)60(49)55-34-17-8-32(9-18-34)44-51-25-29-7-16-37(23-30(29)26-52-48)57-61(50)56-35-14-5-28(2)6-15-35/h27-40,44,48H,3-26H2,1-2H3,(H,43,45)(H,46,47).